The zero-order valence-electron chi connectivity index (χ0n) is 24.4. The predicted octanol–water partition coefficient (Wildman–Crippen LogP) is 4.70. The van der Waals surface area contributed by atoms with E-state index in [4.69, 9.17) is 19.5 Å². The predicted molar refractivity (Wildman–Crippen MR) is 159 cm³/mol. The Kier molecular flexibility index (Phi) is 11.4. The van der Waals surface area contributed by atoms with Crippen LogP contribution in [0.2, 0.25) is 0 Å². The van der Waals surface area contributed by atoms with Crippen LogP contribution in [0.3, 0.4) is 0 Å². The third-order valence-corrected chi connectivity index (χ3v) is 8.17. The minimum Gasteiger partial charge on any atom is -0.450 e. The molecule has 232 valence electrons. The molecule has 2 atom stereocenters. The summed E-state index contributed by atoms with van der Waals surface area (Å²) in [5.74, 6) is -2.71. The fraction of sp³-hybridized carbons (Fsp3) is 0.355. The van der Waals surface area contributed by atoms with Gasteiger partial charge in [0.2, 0.25) is 0 Å². The van der Waals surface area contributed by atoms with E-state index in [0.717, 1.165) is 12.1 Å². The second-order valence-electron chi connectivity index (χ2n) is 10.3. The van der Waals surface area contributed by atoms with Crippen LogP contribution < -0.4 is 0 Å². The number of nitriles is 1. The molecule has 3 aromatic rings. The monoisotopic (exact) mass is 627 g/mol. The van der Waals surface area contributed by atoms with Gasteiger partial charge in [-0.3, -0.25) is 9.69 Å². The van der Waals surface area contributed by atoms with Gasteiger partial charge < -0.3 is 14.2 Å². The number of aromatic nitrogens is 3. The third-order valence-electron chi connectivity index (χ3n) is 6.72. The summed E-state index contributed by atoms with van der Waals surface area (Å²) < 4.78 is 62.6. The van der Waals surface area contributed by atoms with E-state index in [1.54, 1.807) is 50.2 Å². The van der Waals surface area contributed by atoms with Gasteiger partial charge in [-0.2, -0.15) is 10.4 Å². The van der Waals surface area contributed by atoms with Gasteiger partial charge in [-0.15, -0.1) is 11.8 Å². The van der Waals surface area contributed by atoms with Crippen LogP contribution >= 0.6 is 11.8 Å². The van der Waals surface area contributed by atoms with Crippen molar-refractivity contribution in [3.05, 3.63) is 101 Å². The Morgan fingerprint density at radius 1 is 1.20 bits per heavy atom. The fourth-order valence-corrected chi connectivity index (χ4v) is 5.98. The Balaban J connectivity index is 1.48. The topological polar surface area (TPSA) is 103 Å². The summed E-state index contributed by atoms with van der Waals surface area (Å²) in [6.07, 6.45) is 8.65. The highest BCUT2D eigenvalue weighted by Gasteiger charge is 2.46. The number of hydrogen-bond donors (Lipinski definition) is 0. The van der Waals surface area contributed by atoms with Crippen LogP contribution in [0.25, 0.3) is 6.08 Å². The van der Waals surface area contributed by atoms with E-state index in [2.05, 4.69) is 10.1 Å². The van der Waals surface area contributed by atoms with Crippen molar-refractivity contribution in [2.45, 2.75) is 35.9 Å². The van der Waals surface area contributed by atoms with Gasteiger partial charge in [-0.1, -0.05) is 24.3 Å². The minimum atomic E-state index is -1.59. The van der Waals surface area contributed by atoms with Crippen molar-refractivity contribution in [2.24, 2.45) is 0 Å². The van der Waals surface area contributed by atoms with E-state index in [9.17, 15) is 13.6 Å². The number of rotatable bonds is 12. The lowest BCUT2D eigenvalue weighted by Gasteiger charge is -2.40. The summed E-state index contributed by atoms with van der Waals surface area (Å²) in [5, 5.41) is 12.2. The van der Waals surface area contributed by atoms with Crippen molar-refractivity contribution >= 4 is 23.8 Å². The number of carbonyl (C=O) groups is 1. The molecule has 1 aliphatic rings. The summed E-state index contributed by atoms with van der Waals surface area (Å²) in [4.78, 5) is 18.6. The molecule has 1 fully saturated rings. The quantitative estimate of drug-likeness (QED) is 0.209. The molecular weight excluding hydrogens is 595 g/mol. The van der Waals surface area contributed by atoms with E-state index in [-0.39, 0.29) is 42.7 Å². The fourth-order valence-electron chi connectivity index (χ4n) is 4.62. The molecule has 0 aliphatic carbocycles. The van der Waals surface area contributed by atoms with Crippen LogP contribution in [0.5, 0.6) is 0 Å². The average Bonchev–Trinajstić information content (AvgIpc) is 3.49. The maximum Gasteiger partial charge on any atom is 0.321 e. The first-order valence-corrected chi connectivity index (χ1v) is 14.6. The van der Waals surface area contributed by atoms with Gasteiger partial charge in [0.05, 0.1) is 43.2 Å². The molecule has 2 aromatic carbocycles. The third kappa shape index (κ3) is 8.57. The van der Waals surface area contributed by atoms with Crippen LogP contribution in [0, 0.1) is 28.8 Å². The number of benzene rings is 2. The van der Waals surface area contributed by atoms with Gasteiger partial charge in [-0.05, 0) is 51.4 Å². The maximum atomic E-state index is 15.4. The van der Waals surface area contributed by atoms with Gasteiger partial charge in [0.1, 0.15) is 30.1 Å². The normalized spacial score (nSPS) is 19.2. The van der Waals surface area contributed by atoms with E-state index < -0.39 is 40.6 Å². The lowest BCUT2D eigenvalue weighted by molar-refractivity contribution is -0.164. The summed E-state index contributed by atoms with van der Waals surface area (Å²) in [6, 6.07) is 9.29. The van der Waals surface area contributed by atoms with Crippen molar-refractivity contribution in [2.75, 3.05) is 33.9 Å². The number of nitrogens with zero attached hydrogens (tertiary/aromatic N) is 5. The molecular formula is C31H32F3N5O4S. The van der Waals surface area contributed by atoms with E-state index >= 15 is 4.39 Å². The number of thioether (sulfide) groups is 1. The summed E-state index contributed by atoms with van der Waals surface area (Å²) in [7, 11) is 3.42. The van der Waals surface area contributed by atoms with E-state index in [0.29, 0.717) is 5.56 Å². The van der Waals surface area contributed by atoms with Gasteiger partial charge in [0.15, 0.2) is 11.9 Å². The van der Waals surface area contributed by atoms with Gasteiger partial charge in [-0.25, -0.2) is 22.8 Å². The standard InChI is InChI=1S/C31H32F3N5O4S/c1-21(44-25-16-41-30(42-17-25)7-5-4-6-23-9-8-22(14-35)12-27(23)33)31(18-39-20-36-19-37-39,43-29(40)15-38(2)3)26-11-10-24(32)13-28(26)34/h4-13,19-21,25,30H,15-18H2,1-3H3/b6-4+,7-5+/t21-,25?,30?,31-/m1/s1. The van der Waals surface area contributed by atoms with Crippen LogP contribution in [0.1, 0.15) is 23.6 Å². The number of ether oxygens (including phenoxy) is 3. The van der Waals surface area contributed by atoms with Crippen molar-refractivity contribution in [3.8, 4) is 6.07 Å². The molecule has 44 heavy (non-hydrogen) atoms. The second kappa shape index (κ2) is 15.2. The van der Waals surface area contributed by atoms with Gasteiger partial charge in [0, 0.05) is 22.4 Å². The molecule has 0 bridgehead atoms. The Hall–Kier alpha value is -3.96. The van der Waals surface area contributed by atoms with Crippen molar-refractivity contribution in [1.82, 2.24) is 19.7 Å². The Morgan fingerprint density at radius 2 is 1.98 bits per heavy atom. The van der Waals surface area contributed by atoms with Gasteiger partial charge in [0.25, 0.3) is 0 Å². The lowest BCUT2D eigenvalue weighted by Crippen LogP contribution is -2.48. The highest BCUT2D eigenvalue weighted by atomic mass is 32.2. The molecule has 0 amide bonds. The summed E-state index contributed by atoms with van der Waals surface area (Å²) in [6.45, 7) is 2.21. The molecule has 4 rings (SSSR count). The summed E-state index contributed by atoms with van der Waals surface area (Å²) in [5.41, 5.74) is -1.01. The van der Waals surface area contributed by atoms with Crippen LogP contribution in [-0.2, 0) is 31.2 Å². The zero-order valence-corrected chi connectivity index (χ0v) is 25.2. The van der Waals surface area contributed by atoms with E-state index in [1.165, 1.54) is 53.4 Å². The molecule has 0 N–H and O–H groups in total. The molecule has 1 saturated heterocycles. The summed E-state index contributed by atoms with van der Waals surface area (Å²) >= 11 is 1.38. The first-order valence-electron chi connectivity index (χ1n) is 13.7. The van der Waals surface area contributed by atoms with Crippen LogP contribution in [0.15, 0.2) is 67.3 Å². The minimum absolute atomic E-state index is 0.00505. The van der Waals surface area contributed by atoms with E-state index in [1.807, 2.05) is 6.07 Å². The van der Waals surface area contributed by atoms with Crippen LogP contribution in [0.4, 0.5) is 13.2 Å². The molecule has 1 aromatic heterocycles. The molecule has 1 aliphatic heterocycles. The smallest absolute Gasteiger partial charge is 0.321 e. The Morgan fingerprint density at radius 3 is 2.61 bits per heavy atom. The van der Waals surface area contributed by atoms with Gasteiger partial charge >= 0.3 is 5.97 Å². The number of allylic oxidation sites excluding steroid dienone is 2. The number of carbonyl (C=O) groups excluding carboxylic acids is 1. The molecule has 13 heteroatoms. The average molecular weight is 628 g/mol. The first kappa shape index (κ1) is 32.9. The Bertz CT molecular complexity index is 1520. The first-order chi connectivity index (χ1) is 21.1. The number of halogens is 3. The molecule has 0 spiro atoms. The molecule has 0 unspecified atom stereocenters. The number of hydrogen-bond acceptors (Lipinski definition) is 9. The van der Waals surface area contributed by atoms with Crippen molar-refractivity contribution in [3.63, 3.8) is 0 Å². The van der Waals surface area contributed by atoms with Crippen LogP contribution in [-0.4, -0.2) is 76.3 Å². The lowest BCUT2D eigenvalue weighted by atomic mass is 9.89. The second-order valence-corrected chi connectivity index (χ2v) is 12.0. The van der Waals surface area contributed by atoms with Crippen molar-refractivity contribution < 1.29 is 32.2 Å². The molecule has 0 radical (unpaired) electrons. The molecule has 9 nitrogen and oxygen atoms in total. The zero-order chi connectivity index (χ0) is 31.7. The SMILES string of the molecule is C[C@@H](SC1COC(/C=C/C=C/c2ccc(C#N)cc2F)OC1)[C@@](Cn1cncn1)(OC(=O)CN(C)C)c1ccc(F)cc1F. The number of likely N-dealkylation sites (N-methyl/N-ethyl adjacent to an activating group) is 1. The highest BCUT2D eigenvalue weighted by Crippen LogP contribution is 2.42. The van der Waals surface area contributed by atoms with Crippen molar-refractivity contribution in [1.29, 1.82) is 5.26 Å². The Labute approximate surface area is 257 Å². The highest BCUT2D eigenvalue weighted by molar-refractivity contribution is 8.00. The largest absolute Gasteiger partial charge is 0.450 e. The molecule has 2 heterocycles. The number of esters is 1. The maximum absolute atomic E-state index is 15.4. The molecule has 0 saturated carbocycles.